The van der Waals surface area contributed by atoms with E-state index in [2.05, 4.69) is 0 Å². The molecule has 120 valence electrons. The average Bonchev–Trinajstić information content (AvgIpc) is 2.59. The topological polar surface area (TPSA) is 26.3 Å². The molecule has 2 nitrogen and oxygen atoms in total. The summed E-state index contributed by atoms with van der Waals surface area (Å²) in [5.74, 6) is -0.223. The van der Waals surface area contributed by atoms with Crippen LogP contribution in [0.2, 0.25) is 5.02 Å². The largest absolute Gasteiger partial charge is 0.458 e. The molecular weight excluding hydrogens is 328 g/mol. The molecule has 3 rings (SSSR count). The summed E-state index contributed by atoms with van der Waals surface area (Å²) in [4.78, 5) is 13.5. The lowest BCUT2D eigenvalue weighted by Crippen LogP contribution is -2.32. The zero-order chi connectivity index (χ0) is 16.1. The summed E-state index contributed by atoms with van der Waals surface area (Å²) < 4.78 is 5.80. The van der Waals surface area contributed by atoms with Gasteiger partial charge in [0.15, 0.2) is 0 Å². The Morgan fingerprint density at radius 3 is 2.43 bits per heavy atom. The number of carbonyl (C=O) groups excluding carboxylic acids is 1. The molecule has 23 heavy (non-hydrogen) atoms. The Morgan fingerprint density at radius 1 is 1.00 bits per heavy atom. The quantitative estimate of drug-likeness (QED) is 0.674. The molecular formula is C19H19ClO2S. The molecule has 2 atom stereocenters. The predicted molar refractivity (Wildman–Crippen MR) is 95.2 cm³/mol. The first-order valence-corrected chi connectivity index (χ1v) is 9.16. The number of esters is 1. The van der Waals surface area contributed by atoms with Gasteiger partial charge in [-0.15, -0.1) is 11.8 Å². The van der Waals surface area contributed by atoms with Crippen molar-refractivity contribution in [2.75, 3.05) is 0 Å². The molecule has 0 spiro atoms. The summed E-state index contributed by atoms with van der Waals surface area (Å²) in [6.45, 7) is 0. The number of rotatable bonds is 4. The second kappa shape index (κ2) is 7.89. The summed E-state index contributed by atoms with van der Waals surface area (Å²) in [5.41, 5.74) is 0.619. The van der Waals surface area contributed by atoms with Gasteiger partial charge >= 0.3 is 5.97 Å². The van der Waals surface area contributed by atoms with Crippen LogP contribution in [0.1, 0.15) is 36.0 Å². The maximum atomic E-state index is 12.3. The van der Waals surface area contributed by atoms with Gasteiger partial charge in [-0.25, -0.2) is 4.79 Å². The maximum absolute atomic E-state index is 12.3. The standard InChI is InChI=1S/C19H19ClO2S/c20-15-10-12-16(13-11-15)23-18-9-5-4-8-17(18)22-19(21)14-6-2-1-3-7-14/h1-3,6-7,10-13,17-18H,4-5,8-9H2/t17-,18-/m0/s1. The van der Waals surface area contributed by atoms with E-state index in [9.17, 15) is 4.79 Å². The van der Waals surface area contributed by atoms with Crippen molar-refractivity contribution in [2.24, 2.45) is 0 Å². The normalized spacial score (nSPS) is 20.9. The molecule has 0 unspecified atom stereocenters. The lowest BCUT2D eigenvalue weighted by atomic mass is 9.97. The van der Waals surface area contributed by atoms with E-state index < -0.39 is 0 Å². The van der Waals surface area contributed by atoms with Gasteiger partial charge in [0.25, 0.3) is 0 Å². The fourth-order valence-electron chi connectivity index (χ4n) is 2.80. The Labute approximate surface area is 146 Å². The lowest BCUT2D eigenvalue weighted by molar-refractivity contribution is 0.0229. The molecule has 0 heterocycles. The van der Waals surface area contributed by atoms with Crippen LogP contribution in [0.15, 0.2) is 59.5 Å². The van der Waals surface area contributed by atoms with Gasteiger partial charge in [0.2, 0.25) is 0 Å². The first kappa shape index (κ1) is 16.4. The van der Waals surface area contributed by atoms with Gasteiger partial charge < -0.3 is 4.74 Å². The van der Waals surface area contributed by atoms with Gasteiger partial charge in [-0.1, -0.05) is 36.2 Å². The Hall–Kier alpha value is -1.45. The zero-order valence-corrected chi connectivity index (χ0v) is 14.4. The van der Waals surface area contributed by atoms with Crippen molar-refractivity contribution in [3.05, 3.63) is 65.2 Å². The van der Waals surface area contributed by atoms with Crippen molar-refractivity contribution < 1.29 is 9.53 Å². The number of ether oxygens (including phenoxy) is 1. The second-order valence-electron chi connectivity index (χ2n) is 5.70. The zero-order valence-electron chi connectivity index (χ0n) is 12.8. The van der Waals surface area contributed by atoms with Crippen molar-refractivity contribution in [1.29, 1.82) is 0 Å². The molecule has 1 aliphatic carbocycles. The van der Waals surface area contributed by atoms with Crippen LogP contribution in [0.4, 0.5) is 0 Å². The summed E-state index contributed by atoms with van der Waals surface area (Å²) >= 11 is 7.72. The highest BCUT2D eigenvalue weighted by Crippen LogP contribution is 2.36. The average molecular weight is 347 g/mol. The van der Waals surface area contributed by atoms with Gasteiger partial charge in [0.1, 0.15) is 6.10 Å². The second-order valence-corrected chi connectivity index (χ2v) is 7.45. The molecule has 0 amide bonds. The van der Waals surface area contributed by atoms with E-state index in [1.165, 1.54) is 11.3 Å². The number of benzene rings is 2. The summed E-state index contributed by atoms with van der Waals surface area (Å²) in [5, 5.41) is 1.04. The highest BCUT2D eigenvalue weighted by atomic mass is 35.5. The summed E-state index contributed by atoms with van der Waals surface area (Å²) in [6, 6.07) is 17.1. The highest BCUT2D eigenvalue weighted by molar-refractivity contribution is 8.00. The molecule has 0 aliphatic heterocycles. The van der Waals surface area contributed by atoms with E-state index in [-0.39, 0.29) is 12.1 Å². The Balaban J connectivity index is 1.66. The third-order valence-corrected chi connectivity index (χ3v) is 5.65. The van der Waals surface area contributed by atoms with E-state index in [0.717, 1.165) is 24.3 Å². The van der Waals surface area contributed by atoms with Crippen molar-refractivity contribution in [2.45, 2.75) is 41.9 Å². The molecule has 4 heteroatoms. The fourth-order valence-corrected chi connectivity index (χ4v) is 4.20. The molecule has 0 bridgehead atoms. The van der Waals surface area contributed by atoms with E-state index in [1.54, 1.807) is 23.9 Å². The fraction of sp³-hybridized carbons (Fsp3) is 0.316. The van der Waals surface area contributed by atoms with Crippen LogP contribution in [0.5, 0.6) is 0 Å². The molecule has 0 aromatic heterocycles. The smallest absolute Gasteiger partial charge is 0.338 e. The molecule has 2 aromatic rings. The van der Waals surface area contributed by atoms with E-state index >= 15 is 0 Å². The molecule has 0 radical (unpaired) electrons. The monoisotopic (exact) mass is 346 g/mol. The van der Waals surface area contributed by atoms with Crippen molar-refractivity contribution >= 4 is 29.3 Å². The molecule has 2 aromatic carbocycles. The van der Waals surface area contributed by atoms with Crippen LogP contribution in [0, 0.1) is 0 Å². The maximum Gasteiger partial charge on any atom is 0.338 e. The van der Waals surface area contributed by atoms with Crippen LogP contribution < -0.4 is 0 Å². The minimum absolute atomic E-state index is 0.0304. The van der Waals surface area contributed by atoms with Gasteiger partial charge in [0.05, 0.1) is 5.56 Å². The van der Waals surface area contributed by atoms with Gasteiger partial charge in [-0.05, 0) is 55.7 Å². The Bertz CT molecular complexity index is 642. The summed E-state index contributed by atoms with van der Waals surface area (Å²) in [7, 11) is 0. The van der Waals surface area contributed by atoms with E-state index in [0.29, 0.717) is 10.8 Å². The molecule has 1 aliphatic rings. The van der Waals surface area contributed by atoms with Crippen LogP contribution in [0.3, 0.4) is 0 Å². The minimum atomic E-state index is -0.223. The minimum Gasteiger partial charge on any atom is -0.458 e. The van der Waals surface area contributed by atoms with Gasteiger partial charge in [-0.2, -0.15) is 0 Å². The first-order chi connectivity index (χ1) is 11.2. The molecule has 1 saturated carbocycles. The van der Waals surface area contributed by atoms with Gasteiger partial charge in [0, 0.05) is 15.2 Å². The third-order valence-electron chi connectivity index (χ3n) is 4.01. The Morgan fingerprint density at radius 2 is 1.70 bits per heavy atom. The number of thioether (sulfide) groups is 1. The molecule has 1 fully saturated rings. The van der Waals surface area contributed by atoms with Crippen LogP contribution >= 0.6 is 23.4 Å². The number of carbonyl (C=O) groups is 1. The van der Waals surface area contributed by atoms with Crippen molar-refractivity contribution in [3.63, 3.8) is 0 Å². The third kappa shape index (κ3) is 4.52. The number of hydrogen-bond acceptors (Lipinski definition) is 3. The van der Waals surface area contributed by atoms with Crippen LogP contribution in [-0.2, 0) is 4.74 Å². The number of halogens is 1. The SMILES string of the molecule is O=C(O[C@H]1CCCC[C@@H]1Sc1ccc(Cl)cc1)c1ccccc1. The lowest BCUT2D eigenvalue weighted by Gasteiger charge is -2.30. The van der Waals surface area contributed by atoms with Crippen molar-refractivity contribution in [1.82, 2.24) is 0 Å². The van der Waals surface area contributed by atoms with Crippen LogP contribution in [-0.4, -0.2) is 17.3 Å². The Kier molecular flexibility index (Phi) is 5.63. The molecule has 0 N–H and O–H groups in total. The number of hydrogen-bond donors (Lipinski definition) is 0. The molecule has 0 saturated heterocycles. The highest BCUT2D eigenvalue weighted by Gasteiger charge is 2.29. The first-order valence-electron chi connectivity index (χ1n) is 7.90. The van der Waals surface area contributed by atoms with E-state index in [1.807, 2.05) is 42.5 Å². The van der Waals surface area contributed by atoms with Crippen molar-refractivity contribution in [3.8, 4) is 0 Å². The van der Waals surface area contributed by atoms with Crippen LogP contribution in [0.25, 0.3) is 0 Å². The summed E-state index contributed by atoms with van der Waals surface area (Å²) in [6.07, 6.45) is 4.27. The van der Waals surface area contributed by atoms with Gasteiger partial charge in [-0.3, -0.25) is 0 Å². The van der Waals surface area contributed by atoms with E-state index in [4.69, 9.17) is 16.3 Å². The predicted octanol–water partition coefficient (Wildman–Crippen LogP) is 5.60.